The highest BCUT2D eigenvalue weighted by Crippen LogP contribution is 2.23. The molecule has 26 heavy (non-hydrogen) atoms. The minimum atomic E-state index is -1.17. The fraction of sp³-hybridized carbons (Fsp3) is 0.0952. The summed E-state index contributed by atoms with van der Waals surface area (Å²) in [6.07, 6.45) is 0. The first-order chi connectivity index (χ1) is 12.6. The number of carboxylic acid groups (broad SMARTS) is 1. The minimum Gasteiger partial charge on any atom is -0.507 e. The van der Waals surface area contributed by atoms with Gasteiger partial charge in [-0.15, -0.1) is 0 Å². The van der Waals surface area contributed by atoms with E-state index in [9.17, 15) is 9.90 Å². The van der Waals surface area contributed by atoms with Gasteiger partial charge in [-0.2, -0.15) is 0 Å². The number of hydrogen-bond donors (Lipinski definition) is 3. The Hall–Kier alpha value is -3.47. The molecule has 3 N–H and O–H groups in total. The van der Waals surface area contributed by atoms with Crippen molar-refractivity contribution in [1.29, 1.82) is 0 Å². The van der Waals surface area contributed by atoms with Gasteiger partial charge >= 0.3 is 5.97 Å². The largest absolute Gasteiger partial charge is 0.507 e. The lowest BCUT2D eigenvalue weighted by Crippen LogP contribution is -2.12. The molecule has 0 heterocycles. The van der Waals surface area contributed by atoms with Crippen molar-refractivity contribution in [2.24, 2.45) is 0 Å². The summed E-state index contributed by atoms with van der Waals surface area (Å²) in [5.74, 6) is -0.651. The third-order valence-electron chi connectivity index (χ3n) is 3.89. The van der Waals surface area contributed by atoms with Gasteiger partial charge in [0, 0.05) is 12.2 Å². The molecule has 132 valence electrons. The molecule has 3 aromatic carbocycles. The molecule has 0 radical (unpaired) electrons. The summed E-state index contributed by atoms with van der Waals surface area (Å²) in [4.78, 5) is 11.0. The fourth-order valence-corrected chi connectivity index (χ4v) is 2.56. The van der Waals surface area contributed by atoms with Crippen LogP contribution in [0.4, 0.5) is 5.69 Å². The lowest BCUT2D eigenvalue weighted by molar-refractivity contribution is 0.0694. The van der Waals surface area contributed by atoms with Crippen LogP contribution in [-0.2, 0) is 0 Å². The summed E-state index contributed by atoms with van der Waals surface area (Å²) in [6.45, 7) is 0.929. The maximum atomic E-state index is 11.0. The van der Waals surface area contributed by atoms with Crippen LogP contribution in [0.2, 0.25) is 0 Å². The topological polar surface area (TPSA) is 78.8 Å². The molecule has 0 saturated carbocycles. The van der Waals surface area contributed by atoms with E-state index >= 15 is 0 Å². The quantitative estimate of drug-likeness (QED) is 0.439. The molecule has 0 bridgehead atoms. The maximum Gasteiger partial charge on any atom is 0.339 e. The molecule has 0 aliphatic carbocycles. The van der Waals surface area contributed by atoms with E-state index in [1.165, 1.54) is 12.1 Å². The molecule has 0 fully saturated rings. The fourth-order valence-electron chi connectivity index (χ4n) is 2.56. The molecule has 0 atom stereocenters. The third-order valence-corrected chi connectivity index (χ3v) is 3.89. The van der Waals surface area contributed by atoms with Crippen LogP contribution in [0.25, 0.3) is 11.1 Å². The second-order valence-electron chi connectivity index (χ2n) is 5.70. The number of rotatable bonds is 7. The van der Waals surface area contributed by atoms with Crippen LogP contribution >= 0.6 is 0 Å². The highest BCUT2D eigenvalue weighted by atomic mass is 16.5. The second kappa shape index (κ2) is 8.07. The van der Waals surface area contributed by atoms with E-state index in [-0.39, 0.29) is 11.3 Å². The van der Waals surface area contributed by atoms with Crippen LogP contribution in [0.1, 0.15) is 10.4 Å². The highest BCUT2D eigenvalue weighted by Gasteiger charge is 2.09. The Morgan fingerprint density at radius 3 is 2.31 bits per heavy atom. The Kier molecular flexibility index (Phi) is 5.39. The lowest BCUT2D eigenvalue weighted by atomic mass is 10.1. The number of aromatic hydroxyl groups is 1. The number of anilines is 1. The van der Waals surface area contributed by atoms with Crippen LogP contribution in [-0.4, -0.2) is 29.3 Å². The number of benzene rings is 3. The van der Waals surface area contributed by atoms with Gasteiger partial charge in [0.05, 0.1) is 0 Å². The number of hydrogen-bond acceptors (Lipinski definition) is 4. The van der Waals surface area contributed by atoms with Gasteiger partial charge in [0.2, 0.25) is 0 Å². The van der Waals surface area contributed by atoms with Crippen molar-refractivity contribution in [2.45, 2.75) is 0 Å². The second-order valence-corrected chi connectivity index (χ2v) is 5.70. The first kappa shape index (κ1) is 17.4. The van der Waals surface area contributed by atoms with E-state index in [2.05, 4.69) is 17.4 Å². The monoisotopic (exact) mass is 349 g/mol. The van der Waals surface area contributed by atoms with Gasteiger partial charge in [-0.05, 0) is 41.5 Å². The number of nitrogens with one attached hydrogen (secondary N) is 1. The summed E-state index contributed by atoms with van der Waals surface area (Å²) in [5.41, 5.74) is 2.76. The normalized spacial score (nSPS) is 10.3. The van der Waals surface area contributed by atoms with Gasteiger partial charge in [-0.25, -0.2) is 4.79 Å². The van der Waals surface area contributed by atoms with E-state index in [4.69, 9.17) is 9.84 Å². The van der Waals surface area contributed by atoms with Crippen molar-refractivity contribution in [3.05, 3.63) is 78.4 Å². The Labute approximate surface area is 151 Å². The zero-order valence-corrected chi connectivity index (χ0v) is 14.1. The number of carbonyl (C=O) groups is 1. The van der Waals surface area contributed by atoms with Crippen LogP contribution in [0, 0.1) is 0 Å². The standard InChI is InChI=1S/C21H19NO4/c23-20-11-8-17(14-19(20)21(24)25)22-12-13-26-18-9-6-16(7-10-18)15-4-2-1-3-5-15/h1-11,14,22-23H,12-13H2,(H,24,25). The summed E-state index contributed by atoms with van der Waals surface area (Å²) in [5, 5.41) is 21.6. The Morgan fingerprint density at radius 1 is 0.923 bits per heavy atom. The van der Waals surface area contributed by atoms with Gasteiger partial charge in [0.1, 0.15) is 23.7 Å². The van der Waals surface area contributed by atoms with Crippen molar-refractivity contribution in [3.8, 4) is 22.6 Å². The van der Waals surface area contributed by atoms with E-state index in [1.807, 2.05) is 42.5 Å². The molecular formula is C21H19NO4. The molecule has 0 spiro atoms. The molecule has 0 aromatic heterocycles. The first-order valence-electron chi connectivity index (χ1n) is 8.22. The van der Waals surface area contributed by atoms with E-state index in [1.54, 1.807) is 6.07 Å². The van der Waals surface area contributed by atoms with Gasteiger partial charge in [-0.3, -0.25) is 0 Å². The van der Waals surface area contributed by atoms with Crippen molar-refractivity contribution in [3.63, 3.8) is 0 Å². The number of ether oxygens (including phenoxy) is 1. The molecule has 5 nitrogen and oxygen atoms in total. The first-order valence-corrected chi connectivity index (χ1v) is 8.22. The van der Waals surface area contributed by atoms with Crippen LogP contribution < -0.4 is 10.1 Å². The highest BCUT2D eigenvalue weighted by molar-refractivity contribution is 5.92. The Balaban J connectivity index is 1.51. The minimum absolute atomic E-state index is 0.132. The number of phenols is 1. The van der Waals surface area contributed by atoms with Crippen molar-refractivity contribution in [1.82, 2.24) is 0 Å². The van der Waals surface area contributed by atoms with Crippen LogP contribution in [0.3, 0.4) is 0 Å². The smallest absolute Gasteiger partial charge is 0.339 e. The van der Waals surface area contributed by atoms with Crippen LogP contribution in [0.15, 0.2) is 72.8 Å². The maximum absolute atomic E-state index is 11.0. The van der Waals surface area contributed by atoms with Gasteiger partial charge in [-0.1, -0.05) is 42.5 Å². The SMILES string of the molecule is O=C(O)c1cc(NCCOc2ccc(-c3ccccc3)cc2)ccc1O. The number of carboxylic acids is 1. The molecule has 0 amide bonds. The predicted octanol–water partition coefficient (Wildman–Crippen LogP) is 4.25. The summed E-state index contributed by atoms with van der Waals surface area (Å²) in [7, 11) is 0. The predicted molar refractivity (Wildman–Crippen MR) is 101 cm³/mol. The molecule has 0 saturated heterocycles. The lowest BCUT2D eigenvalue weighted by Gasteiger charge is -2.10. The van der Waals surface area contributed by atoms with Gasteiger partial charge in [0.15, 0.2) is 0 Å². The summed E-state index contributed by atoms with van der Waals surface area (Å²) in [6, 6.07) is 22.4. The molecule has 0 aliphatic rings. The molecule has 0 unspecified atom stereocenters. The third kappa shape index (κ3) is 4.33. The van der Waals surface area contributed by atoms with E-state index < -0.39 is 5.97 Å². The molecule has 3 rings (SSSR count). The average Bonchev–Trinajstić information content (AvgIpc) is 2.67. The average molecular weight is 349 g/mol. The van der Waals surface area contributed by atoms with Gasteiger partial charge < -0.3 is 20.3 Å². The molecular weight excluding hydrogens is 330 g/mol. The zero-order chi connectivity index (χ0) is 18.4. The summed E-state index contributed by atoms with van der Waals surface area (Å²) < 4.78 is 5.69. The van der Waals surface area contributed by atoms with Crippen molar-refractivity contribution < 1.29 is 19.7 Å². The Morgan fingerprint density at radius 2 is 1.62 bits per heavy atom. The Bertz CT molecular complexity index is 876. The van der Waals surface area contributed by atoms with E-state index in [0.717, 1.165) is 16.9 Å². The van der Waals surface area contributed by atoms with Crippen molar-refractivity contribution >= 4 is 11.7 Å². The number of aromatic carboxylic acids is 1. The van der Waals surface area contributed by atoms with E-state index in [0.29, 0.717) is 18.8 Å². The zero-order valence-electron chi connectivity index (χ0n) is 14.1. The van der Waals surface area contributed by atoms with Crippen LogP contribution in [0.5, 0.6) is 11.5 Å². The molecule has 5 heteroatoms. The van der Waals surface area contributed by atoms with Crippen molar-refractivity contribution in [2.75, 3.05) is 18.5 Å². The van der Waals surface area contributed by atoms with Gasteiger partial charge in [0.25, 0.3) is 0 Å². The molecule has 0 aliphatic heterocycles. The summed E-state index contributed by atoms with van der Waals surface area (Å²) >= 11 is 0. The molecule has 3 aromatic rings.